The molecule has 0 saturated heterocycles. The topological polar surface area (TPSA) is 58.6 Å². The normalized spacial score (nSPS) is 22.7. The summed E-state index contributed by atoms with van der Waals surface area (Å²) in [6.45, 7) is 3.94. The van der Waals surface area contributed by atoms with Crippen molar-refractivity contribution < 1.29 is 14.6 Å². The van der Waals surface area contributed by atoms with Gasteiger partial charge in [0.15, 0.2) is 0 Å². The number of nitrogens with one attached hydrogen (secondary N) is 1. The lowest BCUT2D eigenvalue weighted by molar-refractivity contribution is -0.146. The largest absolute Gasteiger partial charge is 0.469 e. The van der Waals surface area contributed by atoms with E-state index in [1.165, 1.54) is 7.11 Å². The number of rotatable bonds is 5. The summed E-state index contributed by atoms with van der Waals surface area (Å²) in [4.78, 5) is 11.3. The first kappa shape index (κ1) is 12.5. The van der Waals surface area contributed by atoms with Crippen LogP contribution in [0.4, 0.5) is 0 Å². The van der Waals surface area contributed by atoms with E-state index in [-0.39, 0.29) is 30.1 Å². The van der Waals surface area contributed by atoms with Crippen LogP contribution in [0.2, 0.25) is 0 Å². The second-order valence-electron chi connectivity index (χ2n) is 4.54. The molecule has 0 aromatic carbocycles. The Kier molecular flexibility index (Phi) is 4.11. The van der Waals surface area contributed by atoms with Gasteiger partial charge >= 0.3 is 5.97 Å². The van der Waals surface area contributed by atoms with Crippen LogP contribution in [0.5, 0.6) is 0 Å². The number of ether oxygens (including phenoxy) is 1. The predicted octanol–water partition coefficient (Wildman–Crippen LogP) is 0.689. The van der Waals surface area contributed by atoms with Gasteiger partial charge in [-0.3, -0.25) is 4.79 Å². The van der Waals surface area contributed by atoms with Crippen molar-refractivity contribution in [2.75, 3.05) is 13.7 Å². The maximum Gasteiger partial charge on any atom is 0.309 e. The minimum absolute atomic E-state index is 0.0323. The Hall–Kier alpha value is -0.610. The maximum atomic E-state index is 11.3. The average Bonchev–Trinajstić information content (AvgIpc) is 2.20. The molecule has 0 amide bonds. The molecular formula is C11H21NO3. The lowest BCUT2D eigenvalue weighted by atomic mass is 9.76. The first-order chi connectivity index (χ1) is 7.04. The Morgan fingerprint density at radius 2 is 2.13 bits per heavy atom. The number of aliphatic hydroxyl groups excluding tert-OH is 1. The summed E-state index contributed by atoms with van der Waals surface area (Å²) in [7, 11) is 1.40. The summed E-state index contributed by atoms with van der Waals surface area (Å²) >= 11 is 0. The van der Waals surface area contributed by atoms with Crippen molar-refractivity contribution in [3.8, 4) is 0 Å². The second-order valence-corrected chi connectivity index (χ2v) is 4.54. The molecule has 0 aromatic rings. The van der Waals surface area contributed by atoms with Crippen LogP contribution in [-0.4, -0.2) is 36.4 Å². The maximum absolute atomic E-state index is 11.3. The Labute approximate surface area is 91.0 Å². The Morgan fingerprint density at radius 1 is 1.53 bits per heavy atom. The second kappa shape index (κ2) is 4.94. The monoisotopic (exact) mass is 215 g/mol. The lowest BCUT2D eigenvalue weighted by Crippen LogP contribution is -2.58. The highest BCUT2D eigenvalue weighted by molar-refractivity contribution is 5.72. The van der Waals surface area contributed by atoms with Crippen LogP contribution in [0.3, 0.4) is 0 Å². The van der Waals surface area contributed by atoms with Crippen LogP contribution >= 0.6 is 0 Å². The van der Waals surface area contributed by atoms with Gasteiger partial charge in [-0.25, -0.2) is 0 Å². The summed E-state index contributed by atoms with van der Waals surface area (Å²) in [5.74, 6) is -0.388. The number of hydrogen-bond donors (Lipinski definition) is 2. The third-order valence-corrected chi connectivity index (χ3v) is 3.47. The zero-order valence-corrected chi connectivity index (χ0v) is 9.75. The van der Waals surface area contributed by atoms with E-state index in [4.69, 9.17) is 4.74 Å². The summed E-state index contributed by atoms with van der Waals surface area (Å²) in [5.41, 5.74) is -0.151. The van der Waals surface area contributed by atoms with Crippen LogP contribution < -0.4 is 5.32 Å². The molecule has 1 saturated carbocycles. The average molecular weight is 215 g/mol. The summed E-state index contributed by atoms with van der Waals surface area (Å²) in [6, 6.07) is 0.0323. The van der Waals surface area contributed by atoms with E-state index >= 15 is 0 Å². The minimum atomic E-state index is -0.206. The Morgan fingerprint density at radius 3 is 2.47 bits per heavy atom. The van der Waals surface area contributed by atoms with E-state index in [2.05, 4.69) is 5.32 Å². The van der Waals surface area contributed by atoms with Gasteiger partial charge in [-0.2, -0.15) is 0 Å². The Balaban J connectivity index is 2.46. The molecule has 0 heterocycles. The van der Waals surface area contributed by atoms with Gasteiger partial charge in [-0.1, -0.05) is 6.92 Å². The predicted molar refractivity (Wildman–Crippen MR) is 57.4 cm³/mol. The summed E-state index contributed by atoms with van der Waals surface area (Å²) in [6.07, 6.45) is 3.12. The zero-order valence-electron chi connectivity index (χ0n) is 9.75. The highest BCUT2D eigenvalue weighted by Crippen LogP contribution is 2.32. The molecule has 88 valence electrons. The quantitative estimate of drug-likeness (QED) is 0.662. The van der Waals surface area contributed by atoms with Gasteiger partial charge in [0, 0.05) is 11.6 Å². The Bertz CT molecular complexity index is 220. The molecule has 0 aromatic heterocycles. The minimum Gasteiger partial charge on any atom is -0.469 e. The van der Waals surface area contributed by atoms with Crippen molar-refractivity contribution in [2.45, 2.75) is 44.7 Å². The van der Waals surface area contributed by atoms with E-state index in [9.17, 15) is 9.90 Å². The molecule has 0 spiro atoms. The third-order valence-electron chi connectivity index (χ3n) is 3.47. The van der Waals surface area contributed by atoms with Gasteiger partial charge < -0.3 is 15.2 Å². The highest BCUT2D eigenvalue weighted by atomic mass is 16.5. The van der Waals surface area contributed by atoms with Crippen molar-refractivity contribution in [3.05, 3.63) is 0 Å². The molecule has 1 rings (SSSR count). The van der Waals surface area contributed by atoms with Crippen LogP contribution in [0, 0.1) is 5.92 Å². The van der Waals surface area contributed by atoms with Gasteiger partial charge in [-0.15, -0.1) is 0 Å². The summed E-state index contributed by atoms with van der Waals surface area (Å²) in [5, 5.41) is 12.6. The van der Waals surface area contributed by atoms with Crippen LogP contribution in [-0.2, 0) is 9.53 Å². The number of carbonyl (C=O) groups excluding carboxylic acids is 1. The van der Waals surface area contributed by atoms with Gasteiger partial charge in [0.2, 0.25) is 0 Å². The van der Waals surface area contributed by atoms with Crippen LogP contribution in [0.25, 0.3) is 0 Å². The third kappa shape index (κ3) is 2.69. The molecule has 2 N–H and O–H groups in total. The van der Waals surface area contributed by atoms with Crippen molar-refractivity contribution in [1.82, 2.24) is 5.32 Å². The van der Waals surface area contributed by atoms with Crippen LogP contribution in [0.15, 0.2) is 0 Å². The van der Waals surface area contributed by atoms with Gasteiger partial charge in [0.25, 0.3) is 0 Å². The number of carbonyl (C=O) groups is 1. The molecule has 0 radical (unpaired) electrons. The first-order valence-electron chi connectivity index (χ1n) is 5.51. The van der Waals surface area contributed by atoms with E-state index in [1.807, 2.05) is 13.8 Å². The van der Waals surface area contributed by atoms with E-state index in [0.29, 0.717) is 0 Å². The number of esters is 1. The molecule has 15 heavy (non-hydrogen) atoms. The molecule has 1 fully saturated rings. The molecule has 2 unspecified atom stereocenters. The van der Waals surface area contributed by atoms with Crippen molar-refractivity contribution >= 4 is 5.97 Å². The molecule has 1 aliphatic rings. The number of hydrogen-bond acceptors (Lipinski definition) is 4. The SMILES string of the molecule is COC(=O)C(C)C(C)NC1(CO)CCC1. The van der Waals surface area contributed by atoms with Crippen molar-refractivity contribution in [2.24, 2.45) is 5.92 Å². The van der Waals surface area contributed by atoms with E-state index in [0.717, 1.165) is 19.3 Å². The molecule has 0 bridgehead atoms. The van der Waals surface area contributed by atoms with E-state index < -0.39 is 0 Å². The molecule has 4 nitrogen and oxygen atoms in total. The molecule has 2 atom stereocenters. The van der Waals surface area contributed by atoms with E-state index in [1.54, 1.807) is 0 Å². The first-order valence-corrected chi connectivity index (χ1v) is 5.51. The summed E-state index contributed by atoms with van der Waals surface area (Å²) < 4.78 is 4.69. The highest BCUT2D eigenvalue weighted by Gasteiger charge is 2.38. The fraction of sp³-hybridized carbons (Fsp3) is 0.909. The molecule has 0 aliphatic heterocycles. The van der Waals surface area contributed by atoms with Crippen molar-refractivity contribution in [3.63, 3.8) is 0 Å². The molecule has 1 aliphatic carbocycles. The van der Waals surface area contributed by atoms with Crippen LogP contribution in [0.1, 0.15) is 33.1 Å². The fourth-order valence-corrected chi connectivity index (χ4v) is 1.95. The fourth-order valence-electron chi connectivity index (χ4n) is 1.95. The van der Waals surface area contributed by atoms with Gasteiger partial charge in [-0.05, 0) is 26.2 Å². The standard InChI is InChI=1S/C11H21NO3/c1-8(10(14)15-3)9(2)12-11(7-13)5-4-6-11/h8-9,12-13H,4-7H2,1-3H3. The number of methoxy groups -OCH3 is 1. The number of aliphatic hydroxyl groups is 1. The van der Waals surface area contributed by atoms with Gasteiger partial charge in [0.05, 0.1) is 19.6 Å². The smallest absolute Gasteiger partial charge is 0.309 e. The molecular weight excluding hydrogens is 194 g/mol. The van der Waals surface area contributed by atoms with Crippen molar-refractivity contribution in [1.29, 1.82) is 0 Å². The zero-order chi connectivity index (χ0) is 11.5. The molecule has 4 heteroatoms. The lowest BCUT2D eigenvalue weighted by Gasteiger charge is -2.44. The van der Waals surface area contributed by atoms with Gasteiger partial charge in [0.1, 0.15) is 0 Å².